The van der Waals surface area contributed by atoms with Gasteiger partial charge in [-0.25, -0.2) is 0 Å². The van der Waals surface area contributed by atoms with Gasteiger partial charge in [0.05, 0.1) is 6.61 Å². The van der Waals surface area contributed by atoms with Crippen LogP contribution in [0, 0.1) is 0 Å². The average molecular weight is 216 g/mol. The Kier molecular flexibility index (Phi) is 8.37. The highest BCUT2D eigenvalue weighted by Gasteiger charge is 2.02. The van der Waals surface area contributed by atoms with Crippen LogP contribution in [0.1, 0.15) is 25.7 Å². The van der Waals surface area contributed by atoms with Crippen LogP contribution in [0.15, 0.2) is 12.2 Å². The number of unbranched alkanes of at least 4 members (excludes halogenated alkanes) is 1. The minimum absolute atomic E-state index is 0.0733. The molecule has 0 bridgehead atoms. The molecule has 0 rings (SSSR count). The van der Waals surface area contributed by atoms with Crippen LogP contribution in [-0.4, -0.2) is 35.4 Å². The third kappa shape index (κ3) is 10.6. The number of carbonyl (C=O) groups is 2. The Morgan fingerprint density at radius 2 is 1.80 bits per heavy atom. The van der Waals surface area contributed by atoms with Crippen molar-refractivity contribution in [2.45, 2.75) is 25.7 Å². The fraction of sp³-hybridized carbons (Fsp3) is 0.600. The Bertz CT molecular complexity index is 222. The summed E-state index contributed by atoms with van der Waals surface area (Å²) in [7, 11) is 0. The zero-order chi connectivity index (χ0) is 11.5. The molecule has 15 heavy (non-hydrogen) atoms. The van der Waals surface area contributed by atoms with Crippen molar-refractivity contribution in [1.82, 2.24) is 0 Å². The zero-order valence-corrected chi connectivity index (χ0v) is 8.52. The lowest BCUT2D eigenvalue weighted by Crippen LogP contribution is -2.04. The summed E-state index contributed by atoms with van der Waals surface area (Å²) in [5.41, 5.74) is 0. The topological polar surface area (TPSA) is 83.8 Å². The molecular formula is C10H16O5. The molecule has 0 spiro atoms. The predicted octanol–water partition coefficient (Wildman–Crippen LogP) is 0.723. The van der Waals surface area contributed by atoms with Gasteiger partial charge in [-0.05, 0) is 18.9 Å². The molecule has 5 heteroatoms. The van der Waals surface area contributed by atoms with Gasteiger partial charge in [-0.3, -0.25) is 9.59 Å². The van der Waals surface area contributed by atoms with E-state index in [-0.39, 0.29) is 32.0 Å². The molecule has 0 aromatic carbocycles. The molecule has 0 amide bonds. The monoisotopic (exact) mass is 216 g/mol. The van der Waals surface area contributed by atoms with Crippen molar-refractivity contribution in [2.24, 2.45) is 0 Å². The molecular weight excluding hydrogens is 200 g/mol. The summed E-state index contributed by atoms with van der Waals surface area (Å²) in [6.07, 6.45) is 4.36. The second kappa shape index (κ2) is 9.21. The molecule has 0 aliphatic heterocycles. The molecule has 0 aliphatic carbocycles. The fourth-order valence-corrected chi connectivity index (χ4v) is 0.901. The van der Waals surface area contributed by atoms with E-state index in [2.05, 4.69) is 0 Å². The van der Waals surface area contributed by atoms with Crippen LogP contribution in [0.25, 0.3) is 0 Å². The van der Waals surface area contributed by atoms with E-state index in [1.54, 1.807) is 6.08 Å². The molecule has 2 N–H and O–H groups in total. The van der Waals surface area contributed by atoms with Gasteiger partial charge in [0.1, 0.15) is 6.61 Å². The predicted molar refractivity (Wildman–Crippen MR) is 53.3 cm³/mol. The van der Waals surface area contributed by atoms with Gasteiger partial charge in [-0.1, -0.05) is 6.08 Å². The maximum absolute atomic E-state index is 11.0. The molecule has 0 saturated heterocycles. The standard InChI is InChI=1S/C10H16O5/c11-7-3-4-8-15-10(14)6-2-1-5-9(12)13/h3-4,11H,1-2,5-8H2,(H,12,13)/b4-3+. The lowest BCUT2D eigenvalue weighted by molar-refractivity contribution is -0.143. The summed E-state index contributed by atoms with van der Waals surface area (Å²) in [5.74, 6) is -1.20. The van der Waals surface area contributed by atoms with E-state index in [1.807, 2.05) is 0 Å². The third-order valence-electron chi connectivity index (χ3n) is 1.63. The van der Waals surface area contributed by atoms with Crippen LogP contribution in [0.3, 0.4) is 0 Å². The van der Waals surface area contributed by atoms with Crippen LogP contribution in [0.2, 0.25) is 0 Å². The van der Waals surface area contributed by atoms with E-state index in [1.165, 1.54) is 6.08 Å². The summed E-state index contributed by atoms with van der Waals surface area (Å²) in [5, 5.41) is 16.7. The number of rotatable bonds is 8. The van der Waals surface area contributed by atoms with E-state index >= 15 is 0 Å². The van der Waals surface area contributed by atoms with Crippen molar-refractivity contribution in [2.75, 3.05) is 13.2 Å². The van der Waals surface area contributed by atoms with E-state index in [9.17, 15) is 9.59 Å². The first-order chi connectivity index (χ1) is 7.16. The maximum Gasteiger partial charge on any atom is 0.306 e. The number of aliphatic hydroxyl groups is 1. The first-order valence-corrected chi connectivity index (χ1v) is 4.80. The van der Waals surface area contributed by atoms with Gasteiger partial charge in [-0.15, -0.1) is 0 Å². The highest BCUT2D eigenvalue weighted by molar-refractivity contribution is 5.69. The Balaban J connectivity index is 3.33. The van der Waals surface area contributed by atoms with Gasteiger partial charge in [-0.2, -0.15) is 0 Å². The zero-order valence-electron chi connectivity index (χ0n) is 8.52. The van der Waals surface area contributed by atoms with Crippen molar-refractivity contribution < 1.29 is 24.5 Å². The first-order valence-electron chi connectivity index (χ1n) is 4.80. The smallest absolute Gasteiger partial charge is 0.306 e. The third-order valence-corrected chi connectivity index (χ3v) is 1.63. The van der Waals surface area contributed by atoms with Gasteiger partial charge in [0.15, 0.2) is 0 Å². The Labute approximate surface area is 88.4 Å². The fourth-order valence-electron chi connectivity index (χ4n) is 0.901. The highest BCUT2D eigenvalue weighted by atomic mass is 16.5. The van der Waals surface area contributed by atoms with Crippen molar-refractivity contribution in [3.8, 4) is 0 Å². The Morgan fingerprint density at radius 1 is 1.13 bits per heavy atom. The van der Waals surface area contributed by atoms with Crippen LogP contribution in [-0.2, 0) is 14.3 Å². The molecule has 0 heterocycles. The molecule has 86 valence electrons. The SMILES string of the molecule is O=C(O)CCCCC(=O)OC/C=C/CO. The first kappa shape index (κ1) is 13.6. The largest absolute Gasteiger partial charge is 0.481 e. The normalized spacial score (nSPS) is 10.5. The minimum atomic E-state index is -0.853. The lowest BCUT2D eigenvalue weighted by atomic mass is 10.2. The van der Waals surface area contributed by atoms with Gasteiger partial charge in [0, 0.05) is 12.8 Å². The number of aliphatic hydroxyl groups excluding tert-OH is 1. The summed E-state index contributed by atoms with van der Waals surface area (Å²) in [6, 6.07) is 0. The molecule has 0 radical (unpaired) electrons. The van der Waals surface area contributed by atoms with Gasteiger partial charge in [0.25, 0.3) is 0 Å². The number of ether oxygens (including phenoxy) is 1. The second-order valence-corrected chi connectivity index (χ2v) is 2.94. The number of carboxylic acid groups (broad SMARTS) is 1. The van der Waals surface area contributed by atoms with Crippen LogP contribution in [0.4, 0.5) is 0 Å². The molecule has 0 aliphatic rings. The number of carboxylic acids is 1. The number of hydrogen-bond acceptors (Lipinski definition) is 4. The summed E-state index contributed by atoms with van der Waals surface area (Å²) < 4.78 is 4.77. The van der Waals surface area contributed by atoms with Gasteiger partial charge in [0.2, 0.25) is 0 Å². The highest BCUT2D eigenvalue weighted by Crippen LogP contribution is 2.01. The molecule has 0 aromatic heterocycles. The molecule has 5 nitrogen and oxygen atoms in total. The second-order valence-electron chi connectivity index (χ2n) is 2.94. The van der Waals surface area contributed by atoms with E-state index < -0.39 is 5.97 Å². The Hall–Kier alpha value is -1.36. The molecule has 0 aromatic rings. The summed E-state index contributed by atoms with van der Waals surface area (Å²) in [4.78, 5) is 21.1. The van der Waals surface area contributed by atoms with Crippen molar-refractivity contribution in [1.29, 1.82) is 0 Å². The van der Waals surface area contributed by atoms with E-state index in [4.69, 9.17) is 14.9 Å². The Morgan fingerprint density at radius 3 is 2.40 bits per heavy atom. The summed E-state index contributed by atoms with van der Waals surface area (Å²) >= 11 is 0. The van der Waals surface area contributed by atoms with Crippen molar-refractivity contribution in [3.63, 3.8) is 0 Å². The molecule has 0 unspecified atom stereocenters. The molecule has 0 atom stereocenters. The average Bonchev–Trinajstić information content (AvgIpc) is 2.19. The minimum Gasteiger partial charge on any atom is -0.481 e. The maximum atomic E-state index is 11.0. The number of esters is 1. The quantitative estimate of drug-likeness (QED) is 0.355. The van der Waals surface area contributed by atoms with Crippen LogP contribution >= 0.6 is 0 Å². The molecule has 0 fully saturated rings. The number of carbonyl (C=O) groups excluding carboxylic acids is 1. The number of hydrogen-bond donors (Lipinski definition) is 2. The van der Waals surface area contributed by atoms with E-state index in [0.29, 0.717) is 12.8 Å². The van der Waals surface area contributed by atoms with E-state index in [0.717, 1.165) is 0 Å². The van der Waals surface area contributed by atoms with Gasteiger partial charge >= 0.3 is 11.9 Å². The summed E-state index contributed by atoms with van der Waals surface area (Å²) in [6.45, 7) is 0.0779. The van der Waals surface area contributed by atoms with Gasteiger partial charge < -0.3 is 14.9 Å². The van der Waals surface area contributed by atoms with Crippen LogP contribution < -0.4 is 0 Å². The van der Waals surface area contributed by atoms with Crippen LogP contribution in [0.5, 0.6) is 0 Å². The van der Waals surface area contributed by atoms with Crippen molar-refractivity contribution in [3.05, 3.63) is 12.2 Å². The lowest BCUT2D eigenvalue weighted by Gasteiger charge is -2.00. The van der Waals surface area contributed by atoms with Crippen molar-refractivity contribution >= 4 is 11.9 Å². The molecule has 0 saturated carbocycles. The number of aliphatic carboxylic acids is 1.